The first-order valence-corrected chi connectivity index (χ1v) is 11.3. The summed E-state index contributed by atoms with van der Waals surface area (Å²) < 4.78 is 33.2. The van der Waals surface area contributed by atoms with Crippen LogP contribution in [0.5, 0.6) is 5.75 Å². The molecule has 9 nitrogen and oxygen atoms in total. The van der Waals surface area contributed by atoms with E-state index >= 15 is 0 Å². The van der Waals surface area contributed by atoms with Gasteiger partial charge in [-0.1, -0.05) is 6.92 Å². The van der Waals surface area contributed by atoms with Crippen molar-refractivity contribution in [3.63, 3.8) is 0 Å². The van der Waals surface area contributed by atoms with Crippen LogP contribution in [0.3, 0.4) is 0 Å². The quantitative estimate of drug-likeness (QED) is 0.507. The van der Waals surface area contributed by atoms with Gasteiger partial charge in [0.1, 0.15) is 11.6 Å². The van der Waals surface area contributed by atoms with Crippen molar-refractivity contribution in [1.29, 1.82) is 0 Å². The van der Waals surface area contributed by atoms with Gasteiger partial charge < -0.3 is 15.2 Å². The number of carboxylic acid groups (broad SMARTS) is 1. The lowest BCUT2D eigenvalue weighted by Gasteiger charge is -2.17. The Balaban J connectivity index is 2.02. The highest BCUT2D eigenvalue weighted by atomic mass is 32.2. The van der Waals surface area contributed by atoms with Gasteiger partial charge in [0.05, 0.1) is 22.5 Å². The minimum absolute atomic E-state index is 0.00911. The molecule has 0 aliphatic heterocycles. The van der Waals surface area contributed by atoms with Gasteiger partial charge in [-0.25, -0.2) is 13.4 Å². The fraction of sp³-hybridized carbons (Fsp3) is 0.381. The van der Waals surface area contributed by atoms with Crippen molar-refractivity contribution in [2.24, 2.45) is 5.92 Å². The van der Waals surface area contributed by atoms with Crippen LogP contribution in [0.4, 0.5) is 5.82 Å². The maximum absolute atomic E-state index is 12.6. The van der Waals surface area contributed by atoms with Crippen molar-refractivity contribution in [2.45, 2.75) is 51.2 Å². The summed E-state index contributed by atoms with van der Waals surface area (Å²) in [5.74, 6) is -1.22. The summed E-state index contributed by atoms with van der Waals surface area (Å²) in [6, 6.07) is 8.65. The molecule has 0 saturated heterocycles. The first kappa shape index (κ1) is 24.1. The van der Waals surface area contributed by atoms with E-state index in [4.69, 9.17) is 9.84 Å². The number of hydrogen-bond donors (Lipinski definition) is 3. The number of sulfonamides is 1. The molecule has 2 atom stereocenters. The highest BCUT2D eigenvalue weighted by Gasteiger charge is 2.18. The summed E-state index contributed by atoms with van der Waals surface area (Å²) in [4.78, 5) is 26.9. The Hall–Kier alpha value is -3.14. The van der Waals surface area contributed by atoms with E-state index in [1.54, 1.807) is 13.8 Å². The number of hydrogen-bond acceptors (Lipinski definition) is 6. The van der Waals surface area contributed by atoms with E-state index in [9.17, 15) is 18.0 Å². The molecule has 1 heterocycles. The van der Waals surface area contributed by atoms with Crippen molar-refractivity contribution in [3.05, 3.63) is 48.2 Å². The monoisotopic (exact) mass is 449 g/mol. The average Bonchev–Trinajstić information content (AvgIpc) is 2.68. The zero-order chi connectivity index (χ0) is 23.2. The van der Waals surface area contributed by atoms with Crippen molar-refractivity contribution < 1.29 is 27.9 Å². The SMILES string of the molecule is CC(C)NC(=O)c1ccc(NS(=O)(=O)c2ccc(OC(C)CC(C)C(=O)O)cc2)nc1. The molecule has 0 bridgehead atoms. The van der Waals surface area contributed by atoms with E-state index in [0.717, 1.165) is 0 Å². The fourth-order valence-corrected chi connectivity index (χ4v) is 3.72. The summed E-state index contributed by atoms with van der Waals surface area (Å²) in [6.07, 6.45) is 1.28. The maximum Gasteiger partial charge on any atom is 0.306 e. The molecule has 0 aliphatic rings. The zero-order valence-corrected chi connectivity index (χ0v) is 18.6. The van der Waals surface area contributed by atoms with Crippen LogP contribution in [0, 0.1) is 5.92 Å². The number of carboxylic acids is 1. The predicted molar refractivity (Wildman–Crippen MR) is 116 cm³/mol. The van der Waals surface area contributed by atoms with Gasteiger partial charge in [-0.3, -0.25) is 14.3 Å². The lowest BCUT2D eigenvalue weighted by Crippen LogP contribution is -2.30. The molecule has 1 aromatic carbocycles. The van der Waals surface area contributed by atoms with Crippen LogP contribution >= 0.6 is 0 Å². The maximum atomic E-state index is 12.6. The molecule has 0 saturated carbocycles. The molecular weight excluding hydrogens is 422 g/mol. The summed E-state index contributed by atoms with van der Waals surface area (Å²) in [5.41, 5.74) is 0.324. The topological polar surface area (TPSA) is 135 Å². The molecule has 0 radical (unpaired) electrons. The van der Waals surface area contributed by atoms with Gasteiger partial charge in [-0.15, -0.1) is 0 Å². The molecule has 0 aliphatic carbocycles. The molecule has 2 rings (SSSR count). The molecule has 168 valence electrons. The van der Waals surface area contributed by atoms with Crippen LogP contribution < -0.4 is 14.8 Å². The summed E-state index contributed by atoms with van der Waals surface area (Å²) in [7, 11) is -3.89. The number of rotatable bonds is 10. The second kappa shape index (κ2) is 10.3. The number of carbonyl (C=O) groups is 2. The second-order valence-electron chi connectivity index (χ2n) is 7.54. The number of nitrogens with one attached hydrogen (secondary N) is 2. The molecule has 0 spiro atoms. The molecule has 0 fully saturated rings. The third-order valence-corrected chi connectivity index (χ3v) is 5.63. The Morgan fingerprint density at radius 1 is 1.06 bits per heavy atom. The minimum atomic E-state index is -3.89. The average molecular weight is 450 g/mol. The van der Waals surface area contributed by atoms with Gasteiger partial charge in [0.25, 0.3) is 15.9 Å². The first-order chi connectivity index (χ1) is 14.5. The predicted octanol–water partition coefficient (Wildman–Crippen LogP) is 2.90. The third kappa shape index (κ3) is 7.25. The molecule has 10 heteroatoms. The normalized spacial score (nSPS) is 13.3. The third-order valence-electron chi connectivity index (χ3n) is 4.26. The number of aliphatic carboxylic acids is 1. The number of nitrogens with zero attached hydrogens (tertiary/aromatic N) is 1. The fourth-order valence-electron chi connectivity index (χ4n) is 2.71. The number of aromatic nitrogens is 1. The highest BCUT2D eigenvalue weighted by Crippen LogP contribution is 2.21. The van der Waals surface area contributed by atoms with Crippen molar-refractivity contribution in [2.75, 3.05) is 4.72 Å². The van der Waals surface area contributed by atoms with Gasteiger partial charge >= 0.3 is 5.97 Å². The van der Waals surface area contributed by atoms with E-state index in [1.165, 1.54) is 42.6 Å². The molecule has 31 heavy (non-hydrogen) atoms. The second-order valence-corrected chi connectivity index (χ2v) is 9.22. The van der Waals surface area contributed by atoms with E-state index in [0.29, 0.717) is 17.7 Å². The lowest BCUT2D eigenvalue weighted by molar-refractivity contribution is -0.141. The van der Waals surface area contributed by atoms with Gasteiger partial charge in [0, 0.05) is 12.2 Å². The van der Waals surface area contributed by atoms with Crippen LogP contribution in [0.15, 0.2) is 47.5 Å². The van der Waals surface area contributed by atoms with E-state index in [1.807, 2.05) is 13.8 Å². The molecule has 1 aromatic heterocycles. The van der Waals surface area contributed by atoms with E-state index in [2.05, 4.69) is 15.0 Å². The Kier molecular flexibility index (Phi) is 7.98. The largest absolute Gasteiger partial charge is 0.491 e. The number of ether oxygens (including phenoxy) is 1. The molecule has 2 unspecified atom stereocenters. The van der Waals surface area contributed by atoms with Crippen LogP contribution in [-0.2, 0) is 14.8 Å². The number of benzene rings is 1. The standard InChI is InChI=1S/C21H27N3O6S/c1-13(2)23-20(25)16-5-10-19(22-12-16)24-31(28,29)18-8-6-17(7-9-18)30-15(4)11-14(3)21(26)27/h5-10,12-15H,11H2,1-4H3,(H,22,24)(H,23,25)(H,26,27). The van der Waals surface area contributed by atoms with Gasteiger partial charge in [0.15, 0.2) is 0 Å². The first-order valence-electron chi connectivity index (χ1n) is 9.77. The molecule has 2 aromatic rings. The lowest BCUT2D eigenvalue weighted by atomic mass is 10.1. The van der Waals surface area contributed by atoms with Gasteiger partial charge in [0.2, 0.25) is 0 Å². The van der Waals surface area contributed by atoms with Crippen molar-refractivity contribution >= 4 is 27.7 Å². The molecule has 3 N–H and O–H groups in total. The summed E-state index contributed by atoms with van der Waals surface area (Å²) >= 11 is 0. The Morgan fingerprint density at radius 2 is 1.71 bits per heavy atom. The number of anilines is 1. The summed E-state index contributed by atoms with van der Waals surface area (Å²) in [5, 5.41) is 11.7. The Bertz CT molecular complexity index is 1000. The van der Waals surface area contributed by atoms with E-state index < -0.39 is 21.9 Å². The number of pyridine rings is 1. The highest BCUT2D eigenvalue weighted by molar-refractivity contribution is 7.92. The summed E-state index contributed by atoms with van der Waals surface area (Å²) in [6.45, 7) is 7.02. The molecule has 1 amide bonds. The van der Waals surface area contributed by atoms with E-state index in [-0.39, 0.29) is 28.8 Å². The molecular formula is C21H27N3O6S. The minimum Gasteiger partial charge on any atom is -0.491 e. The van der Waals surface area contributed by atoms with Crippen molar-refractivity contribution in [3.8, 4) is 5.75 Å². The zero-order valence-electron chi connectivity index (χ0n) is 17.8. The van der Waals surface area contributed by atoms with Crippen LogP contribution in [0.25, 0.3) is 0 Å². The van der Waals surface area contributed by atoms with Gasteiger partial charge in [-0.05, 0) is 63.6 Å². The Labute approximate surface area is 181 Å². The Morgan fingerprint density at radius 3 is 2.23 bits per heavy atom. The van der Waals surface area contributed by atoms with Crippen LogP contribution in [0.1, 0.15) is 44.5 Å². The van der Waals surface area contributed by atoms with Gasteiger partial charge in [-0.2, -0.15) is 0 Å². The van der Waals surface area contributed by atoms with Crippen molar-refractivity contribution in [1.82, 2.24) is 10.3 Å². The van der Waals surface area contributed by atoms with Crippen LogP contribution in [0.2, 0.25) is 0 Å². The van der Waals surface area contributed by atoms with Crippen LogP contribution in [-0.4, -0.2) is 42.5 Å². The number of amides is 1. The number of carbonyl (C=O) groups excluding carboxylic acids is 1. The smallest absolute Gasteiger partial charge is 0.306 e.